The number of likely N-dealkylation sites (N-methyl/N-ethyl adjacent to an activating group) is 1. The van der Waals surface area contributed by atoms with Crippen LogP contribution in [0.5, 0.6) is 11.6 Å². The molecule has 0 amide bonds. The Kier molecular flexibility index (Phi) is 11.3. The zero-order chi connectivity index (χ0) is 35.4. The Morgan fingerprint density at radius 2 is 1.66 bits per heavy atom. The summed E-state index contributed by atoms with van der Waals surface area (Å²) < 4.78 is 25.5. The summed E-state index contributed by atoms with van der Waals surface area (Å²) in [7, 11) is 2.72. The Morgan fingerprint density at radius 1 is 0.920 bits per heavy atom. The van der Waals surface area contributed by atoms with Gasteiger partial charge in [-0.2, -0.15) is 4.98 Å². The number of benzene rings is 2. The second-order valence-electron chi connectivity index (χ2n) is 13.2. The molecule has 14 heteroatoms. The summed E-state index contributed by atoms with van der Waals surface area (Å²) in [5.41, 5.74) is 5.26. The van der Waals surface area contributed by atoms with Gasteiger partial charge in [0.15, 0.2) is 0 Å². The van der Waals surface area contributed by atoms with Gasteiger partial charge < -0.3 is 34.5 Å². The molecule has 4 heterocycles. The molecule has 2 aliphatic rings. The van der Waals surface area contributed by atoms with E-state index in [4.69, 9.17) is 14.5 Å². The van der Waals surface area contributed by atoms with E-state index in [1.165, 1.54) is 24.1 Å². The minimum absolute atomic E-state index is 0.399. The van der Waals surface area contributed by atoms with Crippen LogP contribution in [0.25, 0.3) is 11.3 Å². The van der Waals surface area contributed by atoms with Crippen molar-refractivity contribution in [2.75, 3.05) is 89.4 Å². The monoisotopic (exact) mass is 763 g/mol. The Morgan fingerprint density at radius 3 is 2.34 bits per heavy atom. The van der Waals surface area contributed by atoms with Gasteiger partial charge in [-0.25, -0.2) is 15.0 Å². The van der Waals surface area contributed by atoms with Crippen molar-refractivity contribution in [1.29, 1.82) is 0 Å². The maximum atomic E-state index is 13.5. The number of aryl methyl sites for hydroxylation is 1. The molecule has 0 bridgehead atoms. The summed E-state index contributed by atoms with van der Waals surface area (Å²) in [4.78, 5) is 25.7. The van der Waals surface area contributed by atoms with Gasteiger partial charge in [-0.15, -0.1) is 0 Å². The quantitative estimate of drug-likeness (QED) is 0.169. The lowest BCUT2D eigenvalue weighted by molar-refractivity contribution is 0.0982. The zero-order valence-electron chi connectivity index (χ0n) is 29.7. The van der Waals surface area contributed by atoms with E-state index in [0.717, 1.165) is 62.7 Å². The fourth-order valence-corrected chi connectivity index (χ4v) is 8.23. The highest BCUT2D eigenvalue weighted by molar-refractivity contribution is 9.10. The molecule has 4 aromatic rings. The molecule has 0 saturated carbocycles. The molecule has 6 rings (SSSR count). The molecule has 0 radical (unpaired) electrons. The number of hydrogen-bond acceptors (Lipinski definition) is 12. The first-order chi connectivity index (χ1) is 24.1. The minimum Gasteiger partial charge on any atom is -0.494 e. The van der Waals surface area contributed by atoms with Crippen molar-refractivity contribution in [2.45, 2.75) is 32.2 Å². The zero-order valence-corrected chi connectivity index (χ0v) is 32.2. The summed E-state index contributed by atoms with van der Waals surface area (Å²) in [6, 6.07) is 10.6. The molecule has 2 saturated heterocycles. The van der Waals surface area contributed by atoms with Gasteiger partial charge >= 0.3 is 0 Å². The van der Waals surface area contributed by atoms with Crippen LogP contribution < -0.4 is 30.3 Å². The van der Waals surface area contributed by atoms with Crippen molar-refractivity contribution >= 4 is 57.2 Å². The fraction of sp³-hybridized carbons (Fsp3) is 0.444. The lowest BCUT2D eigenvalue weighted by Crippen LogP contribution is -2.52. The number of ether oxygens (including phenoxy) is 2. The van der Waals surface area contributed by atoms with Gasteiger partial charge in [0.2, 0.25) is 11.8 Å². The fourth-order valence-electron chi connectivity index (χ4n) is 6.78. The predicted molar refractivity (Wildman–Crippen MR) is 206 cm³/mol. The predicted octanol–water partition coefficient (Wildman–Crippen LogP) is 6.23. The number of anilines is 5. The Balaban J connectivity index is 1.22. The third kappa shape index (κ3) is 8.07. The molecule has 2 N–H and O–H groups in total. The van der Waals surface area contributed by atoms with Gasteiger partial charge in [-0.3, -0.25) is 4.90 Å². The van der Waals surface area contributed by atoms with Crippen molar-refractivity contribution in [3.63, 3.8) is 0 Å². The molecule has 0 aliphatic carbocycles. The second kappa shape index (κ2) is 15.6. The lowest BCUT2D eigenvalue weighted by atomic mass is 9.99. The molecule has 0 unspecified atom stereocenters. The van der Waals surface area contributed by atoms with E-state index >= 15 is 0 Å². The SMILES string of the molecule is CCc1cc(Nc2ncc(Br)c(Nc3ccc(-c4nccnc4OC)cc3P(C)(C)=O)n2)c(OC)cc1N1CCC(N2CCN(C)CC2)CC1. The molecule has 50 heavy (non-hydrogen) atoms. The number of rotatable bonds is 11. The molecule has 2 aromatic carbocycles. The van der Waals surface area contributed by atoms with Gasteiger partial charge in [-0.05, 0) is 79.3 Å². The topological polar surface area (TPSA) is 121 Å². The molecule has 266 valence electrons. The summed E-state index contributed by atoms with van der Waals surface area (Å²) >= 11 is 3.60. The van der Waals surface area contributed by atoms with Gasteiger partial charge in [0.1, 0.15) is 24.4 Å². The highest BCUT2D eigenvalue weighted by Crippen LogP contribution is 2.41. The Hall–Kier alpha value is -3.77. The third-order valence-corrected chi connectivity index (χ3v) is 11.7. The first kappa shape index (κ1) is 36.0. The van der Waals surface area contributed by atoms with Gasteiger partial charge in [-0.1, -0.05) is 13.0 Å². The molecule has 2 fully saturated rings. The van der Waals surface area contributed by atoms with E-state index in [2.05, 4.69) is 82.3 Å². The second-order valence-corrected chi connectivity index (χ2v) is 17.3. The number of aromatic nitrogens is 4. The van der Waals surface area contributed by atoms with Crippen molar-refractivity contribution < 1.29 is 14.0 Å². The maximum absolute atomic E-state index is 13.5. The highest BCUT2D eigenvalue weighted by Gasteiger charge is 2.28. The number of methoxy groups -OCH3 is 2. The molecular formula is C36H47BrN9O3P. The minimum atomic E-state index is -2.75. The van der Waals surface area contributed by atoms with Crippen molar-refractivity contribution in [1.82, 2.24) is 29.7 Å². The van der Waals surface area contributed by atoms with E-state index in [-0.39, 0.29) is 0 Å². The number of hydrogen-bond donors (Lipinski definition) is 2. The van der Waals surface area contributed by atoms with Crippen LogP contribution in [-0.4, -0.2) is 110 Å². The van der Waals surface area contributed by atoms with Crippen LogP contribution in [0.15, 0.2) is 53.4 Å². The van der Waals surface area contributed by atoms with E-state index in [9.17, 15) is 4.57 Å². The molecule has 0 atom stereocenters. The molecular weight excluding hydrogens is 717 g/mol. The smallest absolute Gasteiger partial charge is 0.240 e. The highest BCUT2D eigenvalue weighted by atomic mass is 79.9. The first-order valence-corrected chi connectivity index (χ1v) is 20.5. The molecule has 12 nitrogen and oxygen atoms in total. The maximum Gasteiger partial charge on any atom is 0.240 e. The summed E-state index contributed by atoms with van der Waals surface area (Å²) in [6.45, 7) is 12.4. The van der Waals surface area contributed by atoms with E-state index in [1.807, 2.05) is 18.2 Å². The number of nitrogens with zero attached hydrogens (tertiary/aromatic N) is 7. The molecule has 2 aliphatic heterocycles. The third-order valence-electron chi connectivity index (χ3n) is 9.59. The van der Waals surface area contributed by atoms with Crippen LogP contribution in [0.3, 0.4) is 0 Å². The van der Waals surface area contributed by atoms with Crippen LogP contribution in [0.4, 0.5) is 28.8 Å². The first-order valence-electron chi connectivity index (χ1n) is 17.1. The van der Waals surface area contributed by atoms with E-state index in [1.54, 1.807) is 46.1 Å². The average molecular weight is 765 g/mol. The summed E-state index contributed by atoms with van der Waals surface area (Å²) in [5, 5.41) is 7.45. The number of halogens is 1. The largest absolute Gasteiger partial charge is 0.494 e. The Labute approximate surface area is 303 Å². The van der Waals surface area contributed by atoms with Gasteiger partial charge in [0.05, 0.1) is 30.1 Å². The standard InChI is InChI=1S/C36H47BrN9O3P/c1-7-24-20-29(31(48-3)22-30(24)46-14-10-26(11-15-46)45-18-16-44(2)17-19-45)42-36-40-23-27(37)34(43-36)41-28-9-8-25(21-32(28)50(5,6)47)33-35(49-4)39-13-12-38-33/h8-9,12-13,20-23,26H,7,10-11,14-19H2,1-6H3,(H2,40,41,42,43). The molecule has 0 spiro atoms. The average Bonchev–Trinajstić information content (AvgIpc) is 3.13. The van der Waals surface area contributed by atoms with Crippen LogP contribution in [0.2, 0.25) is 0 Å². The summed E-state index contributed by atoms with van der Waals surface area (Å²) in [5.74, 6) is 2.05. The van der Waals surface area contributed by atoms with Crippen molar-refractivity contribution in [2.24, 2.45) is 0 Å². The van der Waals surface area contributed by atoms with Crippen LogP contribution in [0, 0.1) is 0 Å². The van der Waals surface area contributed by atoms with E-state index < -0.39 is 7.14 Å². The van der Waals surface area contributed by atoms with E-state index in [0.29, 0.717) is 44.8 Å². The van der Waals surface area contributed by atoms with Crippen molar-refractivity contribution in [3.05, 3.63) is 59.0 Å². The van der Waals surface area contributed by atoms with Crippen LogP contribution in [0.1, 0.15) is 25.3 Å². The Bertz CT molecular complexity index is 1860. The van der Waals surface area contributed by atoms with Crippen LogP contribution in [-0.2, 0) is 11.0 Å². The number of piperidine rings is 1. The normalized spacial score (nSPS) is 16.3. The summed E-state index contributed by atoms with van der Waals surface area (Å²) in [6.07, 6.45) is 8.10. The molecule has 2 aromatic heterocycles. The van der Waals surface area contributed by atoms with Crippen molar-refractivity contribution in [3.8, 4) is 22.9 Å². The van der Waals surface area contributed by atoms with Gasteiger partial charge in [0, 0.05) is 86.5 Å². The lowest BCUT2D eigenvalue weighted by Gasteiger charge is -2.43. The number of piperazine rings is 1. The van der Waals surface area contributed by atoms with Gasteiger partial charge in [0.25, 0.3) is 0 Å². The van der Waals surface area contributed by atoms with Crippen LogP contribution >= 0.6 is 23.1 Å². The number of nitrogens with one attached hydrogen (secondary N) is 2.